The number of carbonyl (C=O) groups is 8. The molecule has 0 radical (unpaired) electrons. The summed E-state index contributed by atoms with van der Waals surface area (Å²) < 4.78 is 0. The van der Waals surface area contributed by atoms with Gasteiger partial charge in [0.1, 0.15) is 12.1 Å². The first-order valence-corrected chi connectivity index (χ1v) is 8.88. The summed E-state index contributed by atoms with van der Waals surface area (Å²) in [7, 11) is 0. The molecule has 0 fully saturated rings. The second-order valence-corrected chi connectivity index (χ2v) is 6.09. The average Bonchev–Trinajstić information content (AvgIpc) is 2.67. The van der Waals surface area contributed by atoms with Crippen LogP contribution >= 0.6 is 0 Å². The molecule has 39 heavy (non-hydrogen) atoms. The maximum atomic E-state index is 9.82. The molecule has 0 spiro atoms. The Morgan fingerprint density at radius 2 is 0.692 bits per heavy atom. The number of carboxylic acids is 8. The molecule has 0 aromatic rings. The molecule has 0 aromatic carbocycles. The summed E-state index contributed by atoms with van der Waals surface area (Å²) in [5, 5.41) is 70.7. The molecule has 0 aliphatic carbocycles. The standard InChI is InChI=1S/4C4H7NO4.2K.Mg/c4*5-2(4(8)9)1-3(6)7;;;/h4*2H,1,5H2,(H,6,7)(H,8,9);;;/q;;;;2*+1;+2/p-4/t4*2-;;;/m0000.../s1. The van der Waals surface area contributed by atoms with Crippen molar-refractivity contribution in [2.24, 2.45) is 22.9 Å². The van der Waals surface area contributed by atoms with E-state index in [9.17, 15) is 58.8 Å². The summed E-state index contributed by atoms with van der Waals surface area (Å²) in [6, 6.07) is -5.50. The number of nitrogens with two attached hydrogens (primary N) is 4. The zero-order chi connectivity index (χ0) is 29.8. The van der Waals surface area contributed by atoms with E-state index in [0.717, 1.165) is 0 Å². The van der Waals surface area contributed by atoms with Crippen LogP contribution in [0, 0.1) is 0 Å². The molecular weight excluding hydrogens is 607 g/mol. The molecule has 0 heterocycles. The van der Waals surface area contributed by atoms with E-state index in [2.05, 4.69) is 0 Å². The fourth-order valence-electron chi connectivity index (χ4n) is 1.08. The van der Waals surface area contributed by atoms with Gasteiger partial charge in [0, 0.05) is 24.8 Å². The summed E-state index contributed by atoms with van der Waals surface area (Å²) >= 11 is 0. The molecule has 0 bridgehead atoms. The first-order valence-electron chi connectivity index (χ1n) is 8.88. The van der Waals surface area contributed by atoms with E-state index in [-0.39, 0.29) is 126 Å². The maximum absolute atomic E-state index is 9.82. The molecule has 0 saturated heterocycles. The average molecular weight is 631 g/mol. The van der Waals surface area contributed by atoms with Crippen LogP contribution in [-0.2, 0) is 38.4 Å². The molecule has 0 amide bonds. The van der Waals surface area contributed by atoms with E-state index in [1.54, 1.807) is 0 Å². The zero-order valence-electron chi connectivity index (χ0n) is 20.8. The van der Waals surface area contributed by atoms with Crippen molar-refractivity contribution in [3.8, 4) is 0 Å². The minimum Gasteiger partial charge on any atom is -0.550 e. The van der Waals surface area contributed by atoms with Crippen molar-refractivity contribution in [2.45, 2.75) is 49.9 Å². The van der Waals surface area contributed by atoms with Gasteiger partial charge in [-0.05, 0) is 0 Å². The smallest absolute Gasteiger partial charge is 0.550 e. The van der Waals surface area contributed by atoms with E-state index in [1.165, 1.54) is 0 Å². The first-order chi connectivity index (χ1) is 16.1. The fraction of sp³-hybridized carbons (Fsp3) is 0.500. The van der Waals surface area contributed by atoms with E-state index in [0.29, 0.717) is 0 Å². The third-order valence-corrected chi connectivity index (χ3v) is 2.80. The van der Waals surface area contributed by atoms with Crippen molar-refractivity contribution in [1.82, 2.24) is 0 Å². The molecule has 0 rings (SSSR count). The van der Waals surface area contributed by atoms with Crippen LogP contribution in [0.15, 0.2) is 0 Å². The van der Waals surface area contributed by atoms with Gasteiger partial charge >= 0.3 is 150 Å². The topological polar surface area (TPSA) is 414 Å². The monoisotopic (exact) mass is 630 g/mol. The Kier molecular flexibility index (Phi) is 45.1. The Morgan fingerprint density at radius 1 is 0.487 bits per heavy atom. The predicted octanol–water partition coefficient (Wildman–Crippen LogP) is -16.2. The van der Waals surface area contributed by atoms with Crippen molar-refractivity contribution in [3.63, 3.8) is 0 Å². The number of carboxylic acid groups (broad SMARTS) is 8. The Morgan fingerprint density at radius 3 is 0.744 bits per heavy atom. The molecule has 208 valence electrons. The van der Waals surface area contributed by atoms with Gasteiger partial charge in [-0.3, -0.25) is 19.2 Å². The van der Waals surface area contributed by atoms with Gasteiger partial charge < -0.3 is 83.0 Å². The quantitative estimate of drug-likeness (QED) is 0.0927. The van der Waals surface area contributed by atoms with E-state index >= 15 is 0 Å². The minimum absolute atomic E-state index is 0. The van der Waals surface area contributed by atoms with Gasteiger partial charge in [0.15, 0.2) is 0 Å². The molecule has 23 heteroatoms. The molecule has 0 aliphatic rings. The van der Waals surface area contributed by atoms with Gasteiger partial charge in [0.2, 0.25) is 0 Å². The van der Waals surface area contributed by atoms with Crippen molar-refractivity contribution in [3.05, 3.63) is 0 Å². The number of rotatable bonds is 12. The number of hydrogen-bond acceptors (Lipinski definition) is 16. The normalized spacial score (nSPS) is 11.6. The van der Waals surface area contributed by atoms with Crippen LogP contribution in [0.2, 0.25) is 0 Å². The summed E-state index contributed by atoms with van der Waals surface area (Å²) in [6.07, 6.45) is -2.48. The van der Waals surface area contributed by atoms with Crippen molar-refractivity contribution >= 4 is 70.8 Å². The van der Waals surface area contributed by atoms with Crippen molar-refractivity contribution in [2.75, 3.05) is 0 Å². The largest absolute Gasteiger partial charge is 2.00 e. The van der Waals surface area contributed by atoms with Crippen LogP contribution < -0.4 is 146 Å². The van der Waals surface area contributed by atoms with Crippen LogP contribution in [0.25, 0.3) is 0 Å². The van der Waals surface area contributed by atoms with Gasteiger partial charge in [-0.25, -0.2) is 0 Å². The number of hydrogen-bond donors (Lipinski definition) is 8. The molecule has 0 aromatic heterocycles. The Labute approximate surface area is 320 Å². The molecule has 12 N–H and O–H groups in total. The molecular formula is C16H24K2MgN4O16. The molecule has 0 saturated carbocycles. The van der Waals surface area contributed by atoms with Gasteiger partial charge in [-0.15, -0.1) is 0 Å². The Balaban J connectivity index is -0.0000000683. The van der Waals surface area contributed by atoms with Crippen LogP contribution in [0.5, 0.6) is 0 Å². The summed E-state index contributed by atoms with van der Waals surface area (Å²) in [6.45, 7) is 0. The van der Waals surface area contributed by atoms with Crippen molar-refractivity contribution < 1.29 is 182 Å². The van der Waals surface area contributed by atoms with Crippen LogP contribution in [-0.4, -0.2) is 115 Å². The molecule has 4 atom stereocenters. The van der Waals surface area contributed by atoms with E-state index in [4.69, 9.17) is 43.4 Å². The van der Waals surface area contributed by atoms with Gasteiger partial charge in [0.25, 0.3) is 0 Å². The summed E-state index contributed by atoms with van der Waals surface area (Å²) in [5.41, 5.74) is 19.1. The predicted molar refractivity (Wildman–Crippen MR) is 107 cm³/mol. The minimum atomic E-state index is -1.54. The zero-order valence-corrected chi connectivity index (χ0v) is 28.5. The van der Waals surface area contributed by atoms with Gasteiger partial charge in [-0.1, -0.05) is 0 Å². The second kappa shape index (κ2) is 32.2. The summed E-state index contributed by atoms with van der Waals surface area (Å²) in [4.78, 5) is 77.9. The Hall–Kier alpha value is -0.361. The molecule has 0 unspecified atom stereocenters. The van der Waals surface area contributed by atoms with Crippen LogP contribution in [0.3, 0.4) is 0 Å². The van der Waals surface area contributed by atoms with Crippen LogP contribution in [0.4, 0.5) is 0 Å². The van der Waals surface area contributed by atoms with Gasteiger partial charge in [-0.2, -0.15) is 0 Å². The fourth-order valence-corrected chi connectivity index (χ4v) is 1.08. The van der Waals surface area contributed by atoms with Crippen LogP contribution in [0.1, 0.15) is 25.7 Å². The van der Waals surface area contributed by atoms with E-state index in [1.807, 2.05) is 0 Å². The Bertz CT molecular complexity index is 676. The summed E-state index contributed by atoms with van der Waals surface area (Å²) in [5.74, 6) is -11.2. The third kappa shape index (κ3) is 47.8. The van der Waals surface area contributed by atoms with Crippen molar-refractivity contribution in [1.29, 1.82) is 0 Å². The van der Waals surface area contributed by atoms with Gasteiger partial charge in [0.05, 0.1) is 36.9 Å². The first kappa shape index (κ1) is 54.7. The number of aliphatic carboxylic acids is 8. The second-order valence-electron chi connectivity index (χ2n) is 6.09. The number of carbonyl (C=O) groups excluding carboxylic acids is 4. The molecule has 20 nitrogen and oxygen atoms in total. The SMILES string of the molecule is N[C@@H](CC(=O)O)C(=O)[O-].N[C@@H](CC(=O)O)C(=O)[O-].N[C@@H](CC(=O)[O-])C(=O)O.N[C@@H](CC(=O)[O-])C(=O)O.[K+].[K+].[Mg+2]. The third-order valence-electron chi connectivity index (χ3n) is 2.80. The maximum Gasteiger partial charge on any atom is 2.00 e. The van der Waals surface area contributed by atoms with E-state index < -0.39 is 97.6 Å². The molecule has 0 aliphatic heterocycles.